The van der Waals surface area contributed by atoms with Crippen LogP contribution in [-0.2, 0) is 13.0 Å². The minimum absolute atomic E-state index is 0.503. The molecule has 0 radical (unpaired) electrons. The molecule has 86 valence electrons. The van der Waals surface area contributed by atoms with Gasteiger partial charge in [-0.1, -0.05) is 6.07 Å². The number of nitrogens with two attached hydrogens (primary N) is 1. The smallest absolute Gasteiger partial charge is 0.159 e. The van der Waals surface area contributed by atoms with E-state index in [0.29, 0.717) is 13.0 Å². The van der Waals surface area contributed by atoms with Crippen molar-refractivity contribution in [3.63, 3.8) is 0 Å². The van der Waals surface area contributed by atoms with E-state index in [-0.39, 0.29) is 0 Å². The lowest BCUT2D eigenvalue weighted by atomic mass is 10.3. The van der Waals surface area contributed by atoms with Crippen LogP contribution in [0.4, 0.5) is 0 Å². The van der Waals surface area contributed by atoms with Gasteiger partial charge in [0, 0.05) is 12.7 Å². The lowest BCUT2D eigenvalue weighted by Crippen LogP contribution is -1.98. The summed E-state index contributed by atoms with van der Waals surface area (Å²) in [6, 6.07) is 7.65. The van der Waals surface area contributed by atoms with Crippen LogP contribution >= 0.6 is 0 Å². The Kier molecular flexibility index (Phi) is 2.38. The quantitative estimate of drug-likeness (QED) is 0.735. The largest absolute Gasteiger partial charge is 0.469 e. The summed E-state index contributed by atoms with van der Waals surface area (Å²) in [5, 5.41) is 4.39. The van der Waals surface area contributed by atoms with E-state index < -0.39 is 0 Å². The molecule has 0 spiro atoms. The Bertz CT molecular complexity index is 627. The van der Waals surface area contributed by atoms with Crippen molar-refractivity contribution < 1.29 is 4.42 Å². The number of pyridine rings is 1. The molecule has 3 aromatic heterocycles. The Morgan fingerprint density at radius 2 is 2.24 bits per heavy atom. The van der Waals surface area contributed by atoms with Gasteiger partial charge in [0.1, 0.15) is 5.76 Å². The SMILES string of the molecule is NCc1ccc2nc(Cc3ccco3)nn2c1. The average molecular weight is 228 g/mol. The van der Waals surface area contributed by atoms with Gasteiger partial charge in [-0.2, -0.15) is 5.10 Å². The van der Waals surface area contributed by atoms with Gasteiger partial charge in [-0.25, -0.2) is 9.50 Å². The van der Waals surface area contributed by atoms with Crippen LogP contribution in [0.25, 0.3) is 5.65 Å². The maximum Gasteiger partial charge on any atom is 0.159 e. The van der Waals surface area contributed by atoms with Gasteiger partial charge >= 0.3 is 0 Å². The zero-order valence-electron chi connectivity index (χ0n) is 9.21. The molecule has 0 atom stereocenters. The molecule has 0 saturated carbocycles. The summed E-state index contributed by atoms with van der Waals surface area (Å²) in [7, 11) is 0. The molecule has 0 saturated heterocycles. The fraction of sp³-hybridized carbons (Fsp3) is 0.167. The van der Waals surface area contributed by atoms with Gasteiger partial charge < -0.3 is 10.2 Å². The molecule has 0 aromatic carbocycles. The molecule has 0 aliphatic rings. The summed E-state index contributed by atoms with van der Waals surface area (Å²) in [6.45, 7) is 0.503. The number of rotatable bonds is 3. The highest BCUT2D eigenvalue weighted by molar-refractivity contribution is 5.38. The lowest BCUT2D eigenvalue weighted by molar-refractivity contribution is 0.517. The summed E-state index contributed by atoms with van der Waals surface area (Å²) in [5.74, 6) is 1.61. The summed E-state index contributed by atoms with van der Waals surface area (Å²) < 4.78 is 7.02. The molecule has 5 nitrogen and oxygen atoms in total. The molecule has 3 rings (SSSR count). The highest BCUT2D eigenvalue weighted by Crippen LogP contribution is 2.09. The Morgan fingerprint density at radius 3 is 3.00 bits per heavy atom. The van der Waals surface area contributed by atoms with Crippen molar-refractivity contribution in [1.82, 2.24) is 14.6 Å². The van der Waals surface area contributed by atoms with Gasteiger partial charge in [0.25, 0.3) is 0 Å². The third-order valence-corrected chi connectivity index (χ3v) is 2.58. The first-order valence-corrected chi connectivity index (χ1v) is 5.42. The van der Waals surface area contributed by atoms with Gasteiger partial charge in [-0.3, -0.25) is 0 Å². The number of hydrogen-bond donors (Lipinski definition) is 1. The molecule has 0 amide bonds. The van der Waals surface area contributed by atoms with Crippen LogP contribution in [0.3, 0.4) is 0 Å². The highest BCUT2D eigenvalue weighted by atomic mass is 16.3. The molecule has 17 heavy (non-hydrogen) atoms. The zero-order chi connectivity index (χ0) is 11.7. The van der Waals surface area contributed by atoms with Crippen LogP contribution in [0.15, 0.2) is 41.1 Å². The highest BCUT2D eigenvalue weighted by Gasteiger charge is 2.06. The number of hydrogen-bond acceptors (Lipinski definition) is 4. The van der Waals surface area contributed by atoms with E-state index in [2.05, 4.69) is 10.1 Å². The first-order valence-electron chi connectivity index (χ1n) is 5.42. The molecule has 0 fully saturated rings. The molecular weight excluding hydrogens is 216 g/mol. The molecule has 0 aliphatic carbocycles. The van der Waals surface area contributed by atoms with E-state index in [1.807, 2.05) is 30.5 Å². The van der Waals surface area contributed by atoms with Crippen LogP contribution in [0, 0.1) is 0 Å². The van der Waals surface area contributed by atoms with Crippen molar-refractivity contribution in [2.75, 3.05) is 0 Å². The molecular formula is C12H12N4O. The minimum Gasteiger partial charge on any atom is -0.469 e. The Morgan fingerprint density at radius 1 is 1.29 bits per heavy atom. The van der Waals surface area contributed by atoms with Gasteiger partial charge in [-0.05, 0) is 23.8 Å². The normalized spacial score (nSPS) is 11.1. The second-order valence-corrected chi connectivity index (χ2v) is 3.83. The lowest BCUT2D eigenvalue weighted by Gasteiger charge is -1.95. The summed E-state index contributed by atoms with van der Waals surface area (Å²) in [6.07, 6.45) is 4.15. The molecule has 0 bridgehead atoms. The number of nitrogens with zero attached hydrogens (tertiary/aromatic N) is 3. The number of furan rings is 1. The molecule has 2 N–H and O–H groups in total. The van der Waals surface area contributed by atoms with E-state index in [0.717, 1.165) is 22.8 Å². The summed E-state index contributed by atoms with van der Waals surface area (Å²) >= 11 is 0. The average Bonchev–Trinajstić information content (AvgIpc) is 2.96. The first-order chi connectivity index (χ1) is 8.35. The fourth-order valence-electron chi connectivity index (χ4n) is 1.74. The van der Waals surface area contributed by atoms with Gasteiger partial charge in [-0.15, -0.1) is 0 Å². The van der Waals surface area contributed by atoms with E-state index in [9.17, 15) is 0 Å². The maximum absolute atomic E-state index is 5.58. The van der Waals surface area contributed by atoms with Crippen LogP contribution < -0.4 is 5.73 Å². The van der Waals surface area contributed by atoms with Crippen molar-refractivity contribution in [3.05, 3.63) is 53.9 Å². The van der Waals surface area contributed by atoms with E-state index >= 15 is 0 Å². The third-order valence-electron chi connectivity index (χ3n) is 2.58. The first kappa shape index (κ1) is 10.0. The predicted molar refractivity (Wildman–Crippen MR) is 62.4 cm³/mol. The second-order valence-electron chi connectivity index (χ2n) is 3.83. The topological polar surface area (TPSA) is 69.3 Å². The number of fused-ring (bicyclic) bond motifs is 1. The second kappa shape index (κ2) is 4.03. The standard InChI is InChI=1S/C12H12N4O/c13-7-9-3-4-12-14-11(15-16(12)8-9)6-10-2-1-5-17-10/h1-5,8H,6-7,13H2. The van der Waals surface area contributed by atoms with Crippen molar-refractivity contribution in [1.29, 1.82) is 0 Å². The zero-order valence-corrected chi connectivity index (χ0v) is 9.21. The van der Waals surface area contributed by atoms with Crippen LogP contribution in [0.1, 0.15) is 17.1 Å². The minimum atomic E-state index is 0.503. The van der Waals surface area contributed by atoms with Crippen molar-refractivity contribution >= 4 is 5.65 Å². The molecule has 0 unspecified atom stereocenters. The molecule has 3 aromatic rings. The molecule has 5 heteroatoms. The van der Waals surface area contributed by atoms with Gasteiger partial charge in [0.05, 0.1) is 12.7 Å². The fourth-order valence-corrected chi connectivity index (χ4v) is 1.74. The van der Waals surface area contributed by atoms with Crippen LogP contribution in [0.5, 0.6) is 0 Å². The van der Waals surface area contributed by atoms with Crippen molar-refractivity contribution in [2.45, 2.75) is 13.0 Å². The molecule has 3 heterocycles. The van der Waals surface area contributed by atoms with E-state index in [4.69, 9.17) is 10.2 Å². The Balaban J connectivity index is 1.96. The maximum atomic E-state index is 5.58. The summed E-state index contributed by atoms with van der Waals surface area (Å²) in [4.78, 5) is 4.41. The van der Waals surface area contributed by atoms with Crippen molar-refractivity contribution in [3.8, 4) is 0 Å². The molecule has 0 aliphatic heterocycles. The van der Waals surface area contributed by atoms with E-state index in [1.54, 1.807) is 10.8 Å². The number of aromatic nitrogens is 3. The van der Waals surface area contributed by atoms with Crippen molar-refractivity contribution in [2.24, 2.45) is 5.73 Å². The third kappa shape index (κ3) is 1.92. The van der Waals surface area contributed by atoms with E-state index in [1.165, 1.54) is 0 Å². The van der Waals surface area contributed by atoms with Gasteiger partial charge in [0.2, 0.25) is 0 Å². The Labute approximate surface area is 97.9 Å². The van der Waals surface area contributed by atoms with Crippen LogP contribution in [-0.4, -0.2) is 14.6 Å². The predicted octanol–water partition coefficient (Wildman–Crippen LogP) is 1.37. The van der Waals surface area contributed by atoms with Gasteiger partial charge in [0.15, 0.2) is 11.5 Å². The summed E-state index contributed by atoms with van der Waals surface area (Å²) in [5.41, 5.74) is 7.44. The Hall–Kier alpha value is -2.14. The van der Waals surface area contributed by atoms with Crippen LogP contribution in [0.2, 0.25) is 0 Å². The monoisotopic (exact) mass is 228 g/mol.